The van der Waals surface area contributed by atoms with Gasteiger partial charge in [0, 0.05) is 23.0 Å². The van der Waals surface area contributed by atoms with Gasteiger partial charge in [0.2, 0.25) is 0 Å². The number of benzene rings is 1. The molecule has 0 bridgehead atoms. The van der Waals surface area contributed by atoms with E-state index < -0.39 is 0 Å². The third-order valence-corrected chi connectivity index (χ3v) is 4.57. The van der Waals surface area contributed by atoms with Gasteiger partial charge >= 0.3 is 0 Å². The maximum absolute atomic E-state index is 5.77. The SMILES string of the molecule is CCCCC(CC)CNCc1cc(Br)cc2c1OCC2. The standard InChI is InChI=1S/C17H26BrNO/c1-3-5-6-13(4-2)11-19-12-15-10-16(18)9-14-7-8-20-17(14)15/h9-10,13,19H,3-8,11-12H2,1-2H3. The number of fused-ring (bicyclic) bond motifs is 1. The summed E-state index contributed by atoms with van der Waals surface area (Å²) in [6.07, 6.45) is 6.28. The van der Waals surface area contributed by atoms with E-state index >= 15 is 0 Å². The molecule has 1 N–H and O–H groups in total. The van der Waals surface area contributed by atoms with E-state index in [4.69, 9.17) is 4.74 Å². The predicted molar refractivity (Wildman–Crippen MR) is 88.4 cm³/mol. The summed E-state index contributed by atoms with van der Waals surface area (Å²) in [7, 11) is 0. The highest BCUT2D eigenvalue weighted by molar-refractivity contribution is 9.10. The van der Waals surface area contributed by atoms with Crippen LogP contribution < -0.4 is 10.1 Å². The van der Waals surface area contributed by atoms with Crippen molar-refractivity contribution >= 4 is 15.9 Å². The van der Waals surface area contributed by atoms with Crippen LogP contribution in [0.2, 0.25) is 0 Å². The van der Waals surface area contributed by atoms with E-state index in [1.54, 1.807) is 0 Å². The zero-order valence-corrected chi connectivity index (χ0v) is 14.3. The fourth-order valence-electron chi connectivity index (χ4n) is 2.83. The lowest BCUT2D eigenvalue weighted by atomic mass is 9.99. The molecule has 0 radical (unpaired) electrons. The molecule has 20 heavy (non-hydrogen) atoms. The van der Waals surface area contributed by atoms with Crippen LogP contribution in [0.4, 0.5) is 0 Å². The number of halogens is 1. The summed E-state index contributed by atoms with van der Waals surface area (Å²) in [4.78, 5) is 0. The van der Waals surface area contributed by atoms with E-state index in [0.29, 0.717) is 0 Å². The van der Waals surface area contributed by atoms with Crippen LogP contribution in [0.1, 0.15) is 50.7 Å². The van der Waals surface area contributed by atoms with Crippen molar-refractivity contribution in [1.82, 2.24) is 5.32 Å². The van der Waals surface area contributed by atoms with Crippen LogP contribution in [-0.2, 0) is 13.0 Å². The average Bonchev–Trinajstić information content (AvgIpc) is 2.90. The summed E-state index contributed by atoms with van der Waals surface area (Å²) in [5, 5.41) is 3.62. The Morgan fingerprint density at radius 1 is 1.35 bits per heavy atom. The third kappa shape index (κ3) is 4.23. The molecule has 0 spiro atoms. The van der Waals surface area contributed by atoms with Gasteiger partial charge in [-0.1, -0.05) is 49.0 Å². The van der Waals surface area contributed by atoms with Gasteiger partial charge in [0.05, 0.1) is 6.61 Å². The van der Waals surface area contributed by atoms with Gasteiger partial charge in [-0.3, -0.25) is 0 Å². The first-order valence-electron chi connectivity index (χ1n) is 7.89. The van der Waals surface area contributed by atoms with E-state index in [1.165, 1.54) is 36.8 Å². The van der Waals surface area contributed by atoms with Crippen molar-refractivity contribution in [3.05, 3.63) is 27.7 Å². The van der Waals surface area contributed by atoms with E-state index in [0.717, 1.165) is 42.3 Å². The van der Waals surface area contributed by atoms with E-state index in [1.807, 2.05) is 0 Å². The number of ether oxygens (including phenoxy) is 1. The minimum Gasteiger partial charge on any atom is -0.493 e. The Labute approximate surface area is 131 Å². The maximum atomic E-state index is 5.77. The van der Waals surface area contributed by atoms with Crippen LogP contribution in [0, 0.1) is 5.92 Å². The monoisotopic (exact) mass is 339 g/mol. The van der Waals surface area contributed by atoms with Crippen LogP contribution in [0.3, 0.4) is 0 Å². The lowest BCUT2D eigenvalue weighted by Gasteiger charge is -2.16. The lowest BCUT2D eigenvalue weighted by molar-refractivity contribution is 0.351. The Kier molecular flexibility index (Phi) is 6.37. The largest absolute Gasteiger partial charge is 0.493 e. The number of nitrogens with one attached hydrogen (secondary N) is 1. The molecule has 0 aromatic heterocycles. The van der Waals surface area contributed by atoms with Gasteiger partial charge in [0.25, 0.3) is 0 Å². The highest BCUT2D eigenvalue weighted by Crippen LogP contribution is 2.32. The molecular weight excluding hydrogens is 314 g/mol. The lowest BCUT2D eigenvalue weighted by Crippen LogP contribution is -2.22. The van der Waals surface area contributed by atoms with Crippen molar-refractivity contribution in [2.45, 2.75) is 52.5 Å². The molecule has 0 aliphatic carbocycles. The molecule has 1 heterocycles. The minimum atomic E-state index is 0.802. The second kappa shape index (κ2) is 8.04. The first kappa shape index (κ1) is 15.8. The van der Waals surface area contributed by atoms with Crippen molar-refractivity contribution in [3.63, 3.8) is 0 Å². The Balaban J connectivity index is 1.88. The van der Waals surface area contributed by atoms with Crippen LogP contribution in [0.5, 0.6) is 5.75 Å². The molecule has 1 atom stereocenters. The highest BCUT2D eigenvalue weighted by Gasteiger charge is 2.17. The van der Waals surface area contributed by atoms with E-state index in [-0.39, 0.29) is 0 Å². The molecule has 2 nitrogen and oxygen atoms in total. The Bertz CT molecular complexity index is 433. The van der Waals surface area contributed by atoms with Crippen molar-refractivity contribution in [2.75, 3.05) is 13.2 Å². The van der Waals surface area contributed by atoms with Crippen LogP contribution in [0.15, 0.2) is 16.6 Å². The minimum absolute atomic E-state index is 0.802. The van der Waals surface area contributed by atoms with Crippen LogP contribution in [0.25, 0.3) is 0 Å². The van der Waals surface area contributed by atoms with Crippen molar-refractivity contribution in [3.8, 4) is 5.75 Å². The highest BCUT2D eigenvalue weighted by atomic mass is 79.9. The number of unbranched alkanes of at least 4 members (excludes halogenated alkanes) is 1. The molecule has 2 rings (SSSR count). The molecule has 112 valence electrons. The Morgan fingerprint density at radius 2 is 2.20 bits per heavy atom. The van der Waals surface area contributed by atoms with E-state index in [9.17, 15) is 0 Å². The first-order chi connectivity index (χ1) is 9.74. The number of rotatable bonds is 8. The number of hydrogen-bond donors (Lipinski definition) is 1. The summed E-state index contributed by atoms with van der Waals surface area (Å²) < 4.78 is 6.94. The maximum Gasteiger partial charge on any atom is 0.127 e. The first-order valence-corrected chi connectivity index (χ1v) is 8.68. The summed E-state index contributed by atoms with van der Waals surface area (Å²) in [5.41, 5.74) is 2.63. The zero-order chi connectivity index (χ0) is 14.4. The molecule has 1 unspecified atom stereocenters. The average molecular weight is 340 g/mol. The smallest absolute Gasteiger partial charge is 0.127 e. The summed E-state index contributed by atoms with van der Waals surface area (Å²) >= 11 is 3.60. The van der Waals surface area contributed by atoms with Gasteiger partial charge < -0.3 is 10.1 Å². The second-order valence-electron chi connectivity index (χ2n) is 5.70. The van der Waals surface area contributed by atoms with Crippen molar-refractivity contribution in [2.24, 2.45) is 5.92 Å². The number of hydrogen-bond acceptors (Lipinski definition) is 2. The molecule has 3 heteroatoms. The summed E-state index contributed by atoms with van der Waals surface area (Å²) in [6, 6.07) is 4.37. The molecule has 1 aliphatic heterocycles. The van der Waals surface area contributed by atoms with E-state index in [2.05, 4.69) is 47.2 Å². The van der Waals surface area contributed by atoms with Gasteiger partial charge in [-0.15, -0.1) is 0 Å². The van der Waals surface area contributed by atoms with Gasteiger partial charge in [0.1, 0.15) is 5.75 Å². The fourth-order valence-corrected chi connectivity index (χ4v) is 3.38. The summed E-state index contributed by atoms with van der Waals surface area (Å²) in [6.45, 7) is 7.40. The van der Waals surface area contributed by atoms with Gasteiger partial charge in [-0.2, -0.15) is 0 Å². The quantitative estimate of drug-likeness (QED) is 0.741. The molecule has 1 aromatic carbocycles. The van der Waals surface area contributed by atoms with Gasteiger partial charge in [-0.25, -0.2) is 0 Å². The molecule has 0 saturated heterocycles. The topological polar surface area (TPSA) is 21.3 Å². The zero-order valence-electron chi connectivity index (χ0n) is 12.7. The fraction of sp³-hybridized carbons (Fsp3) is 0.647. The van der Waals surface area contributed by atoms with Gasteiger partial charge in [0.15, 0.2) is 0 Å². The summed E-state index contributed by atoms with van der Waals surface area (Å²) in [5.74, 6) is 1.92. The molecule has 1 aromatic rings. The molecular formula is C17H26BrNO. The van der Waals surface area contributed by atoms with Crippen molar-refractivity contribution in [1.29, 1.82) is 0 Å². The predicted octanol–water partition coefficient (Wildman–Crippen LogP) is 4.69. The molecule has 0 saturated carbocycles. The second-order valence-corrected chi connectivity index (χ2v) is 6.61. The van der Waals surface area contributed by atoms with Crippen LogP contribution in [-0.4, -0.2) is 13.2 Å². The Hall–Kier alpha value is -0.540. The van der Waals surface area contributed by atoms with Gasteiger partial charge in [-0.05, 0) is 36.6 Å². The molecule has 0 fully saturated rings. The third-order valence-electron chi connectivity index (χ3n) is 4.12. The molecule has 1 aliphatic rings. The molecule has 0 amide bonds. The van der Waals surface area contributed by atoms with Crippen molar-refractivity contribution < 1.29 is 4.74 Å². The van der Waals surface area contributed by atoms with Crippen LogP contribution >= 0.6 is 15.9 Å². The Morgan fingerprint density at radius 3 is 2.95 bits per heavy atom. The normalized spacial score (nSPS) is 14.9.